The van der Waals surface area contributed by atoms with E-state index in [9.17, 15) is 42.1 Å². The highest BCUT2D eigenvalue weighted by Crippen LogP contribution is 2.27. The molecule has 472 valence electrons. The number of nitriles is 1. The van der Waals surface area contributed by atoms with Crippen LogP contribution in [0.2, 0.25) is 0 Å². The fraction of sp³-hybridized carbons (Fsp3) is 0.276. The van der Waals surface area contributed by atoms with Crippen LogP contribution in [0.15, 0.2) is 193 Å². The Labute approximate surface area is 511 Å². The summed E-state index contributed by atoms with van der Waals surface area (Å²) in [7, 11) is -16.1. The quantitative estimate of drug-likeness (QED) is 0.0619. The van der Waals surface area contributed by atoms with Crippen molar-refractivity contribution in [2.75, 3.05) is 36.7 Å². The van der Waals surface area contributed by atoms with Gasteiger partial charge >= 0.3 is 0 Å². The maximum Gasteiger partial charge on any atom is 0.238 e. The molecule has 0 bridgehead atoms. The van der Waals surface area contributed by atoms with E-state index in [0.29, 0.717) is 71.8 Å². The Morgan fingerprint density at radius 1 is 0.506 bits per heavy atom. The lowest BCUT2D eigenvalue weighted by atomic mass is 10.1. The molecule has 0 amide bonds. The molecule has 0 spiro atoms. The van der Waals surface area contributed by atoms with Crippen LogP contribution in [0.5, 0.6) is 0 Å². The molecule has 0 saturated carbocycles. The third-order valence-electron chi connectivity index (χ3n) is 12.0. The van der Waals surface area contributed by atoms with Gasteiger partial charge in [0.15, 0.2) is 39.3 Å². The number of primary sulfonamides is 1. The van der Waals surface area contributed by atoms with Crippen molar-refractivity contribution in [2.24, 2.45) is 55.5 Å². The Bertz CT molecular complexity index is 3710. The molecule has 0 fully saturated rings. The third-order valence-corrected chi connectivity index (χ3v) is 19.3. The molecule has 1 aliphatic rings. The molecule has 0 unspecified atom stereocenters. The Hall–Kier alpha value is -7.09. The van der Waals surface area contributed by atoms with E-state index in [0.717, 1.165) is 39.1 Å². The van der Waals surface area contributed by atoms with Crippen molar-refractivity contribution >= 4 is 55.1 Å². The maximum absolute atomic E-state index is 11.4. The van der Waals surface area contributed by atoms with Gasteiger partial charge in [-0.05, 0) is 112 Å². The number of sulfone groups is 4. The number of pyridine rings is 1. The molecule has 2 heterocycles. The number of nitrogens with two attached hydrogens (primary N) is 8. The molecule has 8 rings (SSSR count). The number of benzene rings is 6. The molecular weight excluding hydrogens is 1220 g/mol. The molecule has 6 aromatic carbocycles. The molecule has 7 aromatic rings. The Kier molecular flexibility index (Phi) is 32.8. The lowest BCUT2D eigenvalue weighted by Crippen LogP contribution is -2.15. The van der Waals surface area contributed by atoms with Crippen molar-refractivity contribution in [2.45, 2.75) is 90.2 Å². The zero-order valence-corrected chi connectivity index (χ0v) is 52.6. The summed E-state index contributed by atoms with van der Waals surface area (Å²) in [4.78, 5) is 5.32. The molecule has 0 saturated heterocycles. The molecule has 87 heavy (non-hydrogen) atoms. The Morgan fingerprint density at radius 3 is 1.16 bits per heavy atom. The second-order valence-corrected chi connectivity index (χ2v) is 28.6. The number of hydrogen-bond donors (Lipinski definition) is 10. The SMILES string of the molecule is CCS(=O)(=O)c1ccc(CN)cc1.CCS(=O)(=O)c1ccc(CN)cc1.CS(=O)(=O)c1ccc(CN)cc1.N#Cc1ccc([C@@H](N)CO)nc1.NCc1ccc(S(=O)(=O)CCO)cc1.NCc1ccc(S(N)(=O)=O)cc1.NCc1ccc2c(c1)CN=N2. The van der Waals surface area contributed by atoms with E-state index in [1.165, 1.54) is 42.3 Å². The third kappa shape index (κ3) is 26.8. The predicted octanol–water partition coefficient (Wildman–Crippen LogP) is 3.82. The average molecular weight is 1300 g/mol. The van der Waals surface area contributed by atoms with Crippen LogP contribution in [0.4, 0.5) is 5.69 Å². The van der Waals surface area contributed by atoms with Crippen molar-refractivity contribution in [1.29, 1.82) is 5.26 Å². The van der Waals surface area contributed by atoms with E-state index in [4.69, 9.17) is 60.7 Å². The fourth-order valence-corrected chi connectivity index (χ4v) is 10.7. The van der Waals surface area contributed by atoms with Crippen LogP contribution >= 0.6 is 0 Å². The van der Waals surface area contributed by atoms with E-state index in [2.05, 4.69) is 21.3 Å². The monoisotopic (exact) mass is 1290 g/mol. The van der Waals surface area contributed by atoms with E-state index in [1.807, 2.05) is 18.2 Å². The van der Waals surface area contributed by atoms with Gasteiger partial charge in [0.25, 0.3) is 0 Å². The summed E-state index contributed by atoms with van der Waals surface area (Å²) < 4.78 is 112. The highest BCUT2D eigenvalue weighted by atomic mass is 32.2. The van der Waals surface area contributed by atoms with Gasteiger partial charge in [0, 0.05) is 57.3 Å². The molecule has 24 nitrogen and oxygen atoms in total. The van der Waals surface area contributed by atoms with Crippen LogP contribution < -0.4 is 45.3 Å². The topological polar surface area (TPSA) is 481 Å². The summed E-state index contributed by atoms with van der Waals surface area (Å²) in [5.74, 6) is 0.0267. The summed E-state index contributed by atoms with van der Waals surface area (Å²) in [5, 5.41) is 38.5. The first-order chi connectivity index (χ1) is 41.0. The van der Waals surface area contributed by atoms with Gasteiger partial charge in [0.05, 0.1) is 84.5 Å². The number of aromatic nitrogens is 1. The van der Waals surface area contributed by atoms with Crippen LogP contribution in [-0.4, -0.2) is 94.0 Å². The summed E-state index contributed by atoms with van der Waals surface area (Å²) >= 11 is 0. The zero-order valence-electron chi connectivity index (χ0n) is 48.5. The normalized spacial score (nSPS) is 11.9. The summed E-state index contributed by atoms with van der Waals surface area (Å²) in [5.41, 5.74) is 46.8. The Morgan fingerprint density at radius 2 is 0.862 bits per heavy atom. The molecule has 0 radical (unpaired) electrons. The predicted molar refractivity (Wildman–Crippen MR) is 336 cm³/mol. The van der Waals surface area contributed by atoms with Crippen molar-refractivity contribution in [1.82, 2.24) is 4.98 Å². The van der Waals surface area contributed by atoms with Gasteiger partial charge in [0.1, 0.15) is 6.07 Å². The van der Waals surface area contributed by atoms with E-state index in [-0.39, 0.29) is 40.3 Å². The van der Waals surface area contributed by atoms with Gasteiger partial charge in [-0.1, -0.05) is 86.6 Å². The molecular formula is C58H78N12O12S5. The summed E-state index contributed by atoms with van der Waals surface area (Å²) in [6.07, 6.45) is 2.62. The smallest absolute Gasteiger partial charge is 0.238 e. The summed E-state index contributed by atoms with van der Waals surface area (Å²) in [6, 6.07) is 43.2. The van der Waals surface area contributed by atoms with Gasteiger partial charge in [-0.25, -0.2) is 47.2 Å². The van der Waals surface area contributed by atoms with Gasteiger partial charge in [-0.15, -0.1) is 0 Å². The van der Waals surface area contributed by atoms with Gasteiger partial charge in [0.2, 0.25) is 10.0 Å². The second kappa shape index (κ2) is 37.6. The highest BCUT2D eigenvalue weighted by Gasteiger charge is 2.14. The number of fused-ring (bicyclic) bond motifs is 1. The Balaban J connectivity index is 0.000000346. The number of azo groups is 1. The van der Waals surface area contributed by atoms with Crippen molar-refractivity contribution in [3.63, 3.8) is 0 Å². The minimum atomic E-state index is -3.57. The van der Waals surface area contributed by atoms with E-state index in [1.54, 1.807) is 123 Å². The van der Waals surface area contributed by atoms with E-state index >= 15 is 0 Å². The number of rotatable bonds is 17. The van der Waals surface area contributed by atoms with Crippen LogP contribution in [0, 0.1) is 11.3 Å². The largest absolute Gasteiger partial charge is 0.395 e. The van der Waals surface area contributed by atoms with Gasteiger partial charge in [-0.3, -0.25) is 4.98 Å². The van der Waals surface area contributed by atoms with Crippen molar-refractivity contribution in [3.8, 4) is 6.07 Å². The van der Waals surface area contributed by atoms with Crippen LogP contribution in [-0.2, 0) is 95.2 Å². The average Bonchev–Trinajstić information content (AvgIpc) is 3.97. The van der Waals surface area contributed by atoms with Crippen molar-refractivity contribution in [3.05, 3.63) is 208 Å². The van der Waals surface area contributed by atoms with E-state index < -0.39 is 55.4 Å². The molecule has 1 atom stereocenters. The fourth-order valence-electron chi connectivity index (χ4n) is 6.72. The first kappa shape index (κ1) is 76.0. The molecule has 1 aromatic heterocycles. The van der Waals surface area contributed by atoms with Crippen molar-refractivity contribution < 1.29 is 52.3 Å². The lowest BCUT2D eigenvalue weighted by molar-refractivity contribution is 0.266. The number of aliphatic hydroxyl groups is 2. The minimum Gasteiger partial charge on any atom is -0.395 e. The summed E-state index contributed by atoms with van der Waals surface area (Å²) in [6.45, 7) is 6.16. The van der Waals surface area contributed by atoms with Crippen LogP contribution in [0.1, 0.15) is 70.1 Å². The first-order valence-corrected chi connectivity index (χ1v) is 34.8. The van der Waals surface area contributed by atoms with Crippen LogP contribution in [0.3, 0.4) is 0 Å². The number of nitrogens with zero attached hydrogens (tertiary/aromatic N) is 4. The molecule has 18 N–H and O–H groups in total. The number of aliphatic hydroxyl groups excluding tert-OH is 2. The standard InChI is InChI=1S/C9H13NO3S.2C9H13NO2S.C8H9N3O.C8H9N3.C8H11NO2S.C7H10N2O2S/c10-7-8-1-3-9(4-2-8)14(12,13)6-5-11;2*1-2-13(11,12)9-5-3-8(7-10)4-6-9;9-3-6-1-2-8(11-4-6)7(10)5-12;9-4-6-1-2-8-7(3-6)5-10-11-8;1-12(10,11)8-4-2-7(6-9)3-5-8;8-5-6-1-3-7(4-2-6)12(9,10)11/h1-4,11H,5-7,10H2;2*3-6H,2,7,10H2,1H3;1-2,4,7,12H,5,10H2;1-3H,4-5,9H2;2-5H,6,9H2,1H3;1-4H,5,8H2,(H2,9,10,11)/t;;;7-;;;/m...0.../s1. The van der Waals surface area contributed by atoms with Gasteiger partial charge < -0.3 is 50.3 Å². The second-order valence-electron chi connectivity index (χ2n) is 18.3. The minimum absolute atomic E-state index is 0.111. The van der Waals surface area contributed by atoms with Gasteiger partial charge in [-0.2, -0.15) is 15.5 Å². The molecule has 0 aliphatic carbocycles. The zero-order chi connectivity index (χ0) is 65.4. The first-order valence-electron chi connectivity index (χ1n) is 26.4. The number of sulfonamides is 1. The molecule has 29 heteroatoms. The number of hydrogen-bond acceptors (Lipinski definition) is 23. The van der Waals surface area contributed by atoms with Crippen LogP contribution in [0.25, 0.3) is 0 Å². The highest BCUT2D eigenvalue weighted by molar-refractivity contribution is 7.92. The maximum atomic E-state index is 11.4. The lowest BCUT2D eigenvalue weighted by Gasteiger charge is -2.05. The molecule has 1 aliphatic heterocycles.